The summed E-state index contributed by atoms with van der Waals surface area (Å²) in [5, 5.41) is 11.7. The van der Waals surface area contributed by atoms with Crippen molar-refractivity contribution in [3.05, 3.63) is 36.0 Å². The molecule has 0 spiro atoms. The minimum absolute atomic E-state index is 0.134. The van der Waals surface area contributed by atoms with E-state index in [1.165, 1.54) is 10.9 Å². The third kappa shape index (κ3) is 1.25. The van der Waals surface area contributed by atoms with Gasteiger partial charge in [0.15, 0.2) is 0 Å². The van der Waals surface area contributed by atoms with Crippen LogP contribution in [-0.2, 0) is 11.3 Å². The van der Waals surface area contributed by atoms with Crippen molar-refractivity contribution < 1.29 is 9.90 Å². The molecule has 2 heterocycles. The fraction of sp³-hybridized carbons (Fsp3) is 0.400. The first-order valence-electron chi connectivity index (χ1n) is 6.52. The number of para-hydroxylation sites is 1. The molecule has 1 aliphatic heterocycles. The second-order valence-electron chi connectivity index (χ2n) is 5.55. The fourth-order valence-electron chi connectivity index (χ4n) is 3.66. The van der Waals surface area contributed by atoms with Gasteiger partial charge in [-0.05, 0) is 23.4 Å². The summed E-state index contributed by atoms with van der Waals surface area (Å²) in [4.78, 5) is 11.6. The molecule has 3 heteroatoms. The molecule has 1 N–H and O–H groups in total. The third-order valence-electron chi connectivity index (χ3n) is 4.53. The minimum atomic E-state index is -0.484. The van der Waals surface area contributed by atoms with E-state index in [0.29, 0.717) is 24.5 Å². The van der Waals surface area contributed by atoms with Gasteiger partial charge in [-0.3, -0.25) is 4.79 Å². The Morgan fingerprint density at radius 1 is 1.22 bits per heavy atom. The molecule has 0 radical (unpaired) electrons. The maximum absolute atomic E-state index is 11.6. The molecule has 1 aromatic carbocycles. The highest BCUT2D eigenvalue weighted by molar-refractivity contribution is 5.83. The number of rotatable bonds is 0. The van der Waals surface area contributed by atoms with Crippen LogP contribution in [0.15, 0.2) is 30.3 Å². The van der Waals surface area contributed by atoms with Crippen LogP contribution < -0.4 is 0 Å². The number of ketones is 1. The molecule has 1 fully saturated rings. The molecule has 92 valence electrons. The van der Waals surface area contributed by atoms with Gasteiger partial charge < -0.3 is 9.67 Å². The van der Waals surface area contributed by atoms with E-state index in [4.69, 9.17) is 0 Å². The topological polar surface area (TPSA) is 42.2 Å². The highest BCUT2D eigenvalue weighted by atomic mass is 16.3. The van der Waals surface area contributed by atoms with Gasteiger partial charge in [-0.1, -0.05) is 18.2 Å². The van der Waals surface area contributed by atoms with Crippen molar-refractivity contribution in [3.8, 4) is 0 Å². The van der Waals surface area contributed by atoms with E-state index < -0.39 is 6.10 Å². The lowest BCUT2D eigenvalue weighted by Crippen LogP contribution is -2.29. The molecule has 1 aromatic heterocycles. The lowest BCUT2D eigenvalue weighted by Gasteiger charge is -2.32. The Balaban J connectivity index is 1.90. The van der Waals surface area contributed by atoms with E-state index in [1.807, 2.05) is 12.1 Å². The molecule has 3 atom stereocenters. The molecule has 3 nitrogen and oxygen atoms in total. The number of aliphatic hydroxyl groups is 1. The van der Waals surface area contributed by atoms with Gasteiger partial charge in [0.2, 0.25) is 0 Å². The molecular formula is C15H15NO2. The normalized spacial score (nSPS) is 30.5. The molecule has 1 saturated carbocycles. The SMILES string of the molecule is O=C1CC2Cn3c(cc4ccccc43)C(O)C2C1. The van der Waals surface area contributed by atoms with E-state index in [1.54, 1.807) is 0 Å². The lowest BCUT2D eigenvalue weighted by atomic mass is 9.86. The highest BCUT2D eigenvalue weighted by Crippen LogP contribution is 2.45. The Morgan fingerprint density at radius 3 is 2.94 bits per heavy atom. The average molecular weight is 241 g/mol. The molecule has 0 amide bonds. The molecule has 2 aliphatic rings. The standard InChI is InChI=1S/C15H15NO2/c17-11-5-10-8-16-13-4-2-1-3-9(13)6-14(16)15(18)12(10)7-11/h1-4,6,10,12,15,18H,5,7-8H2. The highest BCUT2D eigenvalue weighted by Gasteiger charge is 2.42. The van der Waals surface area contributed by atoms with Crippen molar-refractivity contribution in [1.29, 1.82) is 0 Å². The summed E-state index contributed by atoms with van der Waals surface area (Å²) in [5.41, 5.74) is 2.15. The molecular weight excluding hydrogens is 226 g/mol. The molecule has 0 saturated heterocycles. The molecule has 0 bridgehead atoms. The van der Waals surface area contributed by atoms with Crippen LogP contribution in [0.4, 0.5) is 0 Å². The maximum Gasteiger partial charge on any atom is 0.133 e. The zero-order valence-corrected chi connectivity index (χ0v) is 10.0. The smallest absolute Gasteiger partial charge is 0.133 e. The number of aromatic nitrogens is 1. The van der Waals surface area contributed by atoms with E-state index >= 15 is 0 Å². The predicted molar refractivity (Wildman–Crippen MR) is 68.1 cm³/mol. The second-order valence-corrected chi connectivity index (χ2v) is 5.55. The van der Waals surface area contributed by atoms with Gasteiger partial charge in [-0.15, -0.1) is 0 Å². The van der Waals surface area contributed by atoms with Crippen LogP contribution in [0.25, 0.3) is 10.9 Å². The first kappa shape index (κ1) is 10.3. The Kier molecular flexibility index (Phi) is 1.98. The van der Waals surface area contributed by atoms with Crippen LogP contribution in [0.1, 0.15) is 24.6 Å². The predicted octanol–water partition coefficient (Wildman–Crippen LogP) is 2.28. The van der Waals surface area contributed by atoms with Gasteiger partial charge in [0, 0.05) is 36.5 Å². The van der Waals surface area contributed by atoms with E-state index in [-0.39, 0.29) is 5.92 Å². The van der Waals surface area contributed by atoms with Gasteiger partial charge in [-0.25, -0.2) is 0 Å². The number of carbonyl (C=O) groups excluding carboxylic acids is 1. The van der Waals surface area contributed by atoms with E-state index in [2.05, 4.69) is 22.8 Å². The molecule has 2 aromatic rings. The average Bonchev–Trinajstić information content (AvgIpc) is 2.91. The Morgan fingerprint density at radius 2 is 2.06 bits per heavy atom. The van der Waals surface area contributed by atoms with Crippen molar-refractivity contribution in [2.75, 3.05) is 0 Å². The largest absolute Gasteiger partial charge is 0.387 e. The number of aliphatic hydroxyl groups excluding tert-OH is 1. The van der Waals surface area contributed by atoms with Gasteiger partial charge in [-0.2, -0.15) is 0 Å². The van der Waals surface area contributed by atoms with Crippen LogP contribution >= 0.6 is 0 Å². The summed E-state index contributed by atoms with van der Waals surface area (Å²) in [6.45, 7) is 0.871. The van der Waals surface area contributed by atoms with Crippen LogP contribution in [0, 0.1) is 11.8 Å². The third-order valence-corrected chi connectivity index (χ3v) is 4.53. The molecule has 4 rings (SSSR count). The van der Waals surface area contributed by atoms with E-state index in [0.717, 1.165) is 12.2 Å². The van der Waals surface area contributed by atoms with Crippen LogP contribution in [-0.4, -0.2) is 15.5 Å². The fourth-order valence-corrected chi connectivity index (χ4v) is 3.66. The summed E-state index contributed by atoms with van der Waals surface area (Å²) in [6, 6.07) is 10.3. The van der Waals surface area contributed by atoms with Crippen molar-refractivity contribution in [2.24, 2.45) is 11.8 Å². The Bertz CT molecular complexity index is 643. The maximum atomic E-state index is 11.6. The number of Topliss-reactive ketones (excluding diaryl/α,β-unsaturated/α-hetero) is 1. The Hall–Kier alpha value is -1.61. The summed E-state index contributed by atoms with van der Waals surface area (Å²) in [7, 11) is 0. The number of hydrogen-bond donors (Lipinski definition) is 1. The number of carbonyl (C=O) groups is 1. The van der Waals surface area contributed by atoms with Crippen LogP contribution in [0.5, 0.6) is 0 Å². The lowest BCUT2D eigenvalue weighted by molar-refractivity contribution is -0.118. The summed E-state index contributed by atoms with van der Waals surface area (Å²) < 4.78 is 2.19. The summed E-state index contributed by atoms with van der Waals surface area (Å²) in [6.07, 6.45) is 0.698. The van der Waals surface area contributed by atoms with Gasteiger partial charge in [0.1, 0.15) is 5.78 Å². The first-order chi connectivity index (χ1) is 8.74. The van der Waals surface area contributed by atoms with Crippen molar-refractivity contribution in [2.45, 2.75) is 25.5 Å². The zero-order chi connectivity index (χ0) is 12.3. The number of hydrogen-bond acceptors (Lipinski definition) is 2. The van der Waals surface area contributed by atoms with Crippen molar-refractivity contribution in [1.82, 2.24) is 4.57 Å². The van der Waals surface area contributed by atoms with Crippen molar-refractivity contribution >= 4 is 16.7 Å². The van der Waals surface area contributed by atoms with Gasteiger partial charge in [0.05, 0.1) is 6.10 Å². The summed E-state index contributed by atoms with van der Waals surface area (Å²) >= 11 is 0. The zero-order valence-electron chi connectivity index (χ0n) is 10.0. The van der Waals surface area contributed by atoms with Gasteiger partial charge in [0.25, 0.3) is 0 Å². The second kappa shape index (κ2) is 3.45. The van der Waals surface area contributed by atoms with Gasteiger partial charge >= 0.3 is 0 Å². The van der Waals surface area contributed by atoms with Crippen LogP contribution in [0.2, 0.25) is 0 Å². The minimum Gasteiger partial charge on any atom is -0.387 e. The first-order valence-corrected chi connectivity index (χ1v) is 6.52. The molecule has 18 heavy (non-hydrogen) atoms. The monoisotopic (exact) mass is 241 g/mol. The number of fused-ring (bicyclic) bond motifs is 4. The Labute approximate surface area is 105 Å². The number of nitrogens with zero attached hydrogens (tertiary/aromatic N) is 1. The molecule has 3 unspecified atom stereocenters. The van der Waals surface area contributed by atoms with Crippen LogP contribution in [0.3, 0.4) is 0 Å². The van der Waals surface area contributed by atoms with Crippen molar-refractivity contribution in [3.63, 3.8) is 0 Å². The molecule has 1 aliphatic carbocycles. The number of benzene rings is 1. The van der Waals surface area contributed by atoms with E-state index in [9.17, 15) is 9.90 Å². The summed E-state index contributed by atoms with van der Waals surface area (Å²) in [5.74, 6) is 0.754. The quantitative estimate of drug-likeness (QED) is 0.769.